The Hall–Kier alpha value is -3.15. The molecule has 0 aliphatic carbocycles. The molecule has 0 unspecified atom stereocenters. The lowest BCUT2D eigenvalue weighted by Crippen LogP contribution is -2.41. The Bertz CT molecular complexity index is 903. The van der Waals surface area contributed by atoms with Crippen LogP contribution in [0.25, 0.3) is 0 Å². The van der Waals surface area contributed by atoms with E-state index in [1.54, 1.807) is 0 Å². The fraction of sp³-hybridized carbons (Fsp3) is 0.348. The third kappa shape index (κ3) is 5.22. The fourth-order valence-corrected chi connectivity index (χ4v) is 3.75. The molecular formula is C23H26N4O2. The summed E-state index contributed by atoms with van der Waals surface area (Å²) in [5.41, 5.74) is 1.24. The van der Waals surface area contributed by atoms with Crippen molar-refractivity contribution in [1.82, 2.24) is 19.7 Å². The fourth-order valence-electron chi connectivity index (χ4n) is 3.75. The number of carbonyl (C=O) groups is 1. The van der Waals surface area contributed by atoms with Crippen LogP contribution < -0.4 is 4.74 Å². The van der Waals surface area contributed by atoms with Gasteiger partial charge in [0.25, 0.3) is 5.91 Å². The van der Waals surface area contributed by atoms with Crippen molar-refractivity contribution < 1.29 is 9.53 Å². The maximum Gasteiger partial charge on any atom is 0.260 e. The van der Waals surface area contributed by atoms with Crippen molar-refractivity contribution in [1.29, 1.82) is 0 Å². The van der Waals surface area contributed by atoms with Gasteiger partial charge in [-0.2, -0.15) is 0 Å². The number of piperidine rings is 1. The molecule has 1 aliphatic heterocycles. The van der Waals surface area contributed by atoms with Gasteiger partial charge in [-0.15, -0.1) is 10.2 Å². The summed E-state index contributed by atoms with van der Waals surface area (Å²) < 4.78 is 7.72. The van der Waals surface area contributed by atoms with Crippen molar-refractivity contribution in [2.75, 3.05) is 19.7 Å². The molecule has 2 heterocycles. The molecule has 1 fully saturated rings. The minimum absolute atomic E-state index is 0.0551. The van der Waals surface area contributed by atoms with Crippen LogP contribution in [0.15, 0.2) is 67.0 Å². The molecule has 1 amide bonds. The summed E-state index contributed by atoms with van der Waals surface area (Å²) >= 11 is 0. The Kier molecular flexibility index (Phi) is 6.19. The van der Waals surface area contributed by atoms with E-state index >= 15 is 0 Å². The number of likely N-dealkylation sites (tertiary alicyclic amines) is 1. The van der Waals surface area contributed by atoms with Crippen LogP contribution in [-0.4, -0.2) is 45.3 Å². The van der Waals surface area contributed by atoms with Crippen LogP contribution in [0.5, 0.6) is 5.75 Å². The minimum atomic E-state index is 0.0551. The summed E-state index contributed by atoms with van der Waals surface area (Å²) in [4.78, 5) is 14.3. The molecule has 1 aliphatic rings. The van der Waals surface area contributed by atoms with E-state index in [0.29, 0.717) is 5.92 Å². The SMILES string of the molecule is O=C(COc1ccccc1)N1CCC(Cc2nncn2Cc2ccccc2)CC1. The Labute approximate surface area is 171 Å². The third-order valence-corrected chi connectivity index (χ3v) is 5.44. The molecule has 6 heteroatoms. The van der Waals surface area contributed by atoms with Gasteiger partial charge >= 0.3 is 0 Å². The molecule has 0 bridgehead atoms. The summed E-state index contributed by atoms with van der Waals surface area (Å²) in [5.74, 6) is 2.33. The van der Waals surface area contributed by atoms with E-state index in [4.69, 9.17) is 4.74 Å². The molecule has 0 spiro atoms. The number of amides is 1. The molecule has 1 aromatic heterocycles. The predicted molar refractivity (Wildman–Crippen MR) is 111 cm³/mol. The monoisotopic (exact) mass is 390 g/mol. The number of hydrogen-bond donors (Lipinski definition) is 0. The second-order valence-electron chi connectivity index (χ2n) is 7.49. The lowest BCUT2D eigenvalue weighted by molar-refractivity contribution is -0.134. The largest absolute Gasteiger partial charge is 0.484 e. The number of nitrogens with zero attached hydrogens (tertiary/aromatic N) is 4. The minimum Gasteiger partial charge on any atom is -0.484 e. The van der Waals surface area contributed by atoms with Crippen LogP contribution in [0, 0.1) is 5.92 Å². The highest BCUT2D eigenvalue weighted by Crippen LogP contribution is 2.21. The van der Waals surface area contributed by atoms with Gasteiger partial charge in [0, 0.05) is 19.5 Å². The number of hydrogen-bond acceptors (Lipinski definition) is 4. The van der Waals surface area contributed by atoms with Crippen LogP contribution in [0.3, 0.4) is 0 Å². The maximum atomic E-state index is 12.4. The summed E-state index contributed by atoms with van der Waals surface area (Å²) in [7, 11) is 0. The number of carbonyl (C=O) groups excluding carboxylic acids is 1. The van der Waals surface area contributed by atoms with E-state index in [-0.39, 0.29) is 12.5 Å². The number of aromatic nitrogens is 3. The third-order valence-electron chi connectivity index (χ3n) is 5.44. The van der Waals surface area contributed by atoms with Gasteiger partial charge in [-0.05, 0) is 36.5 Å². The van der Waals surface area contributed by atoms with Crippen LogP contribution >= 0.6 is 0 Å². The summed E-state index contributed by atoms with van der Waals surface area (Å²) in [6.45, 7) is 2.43. The average molecular weight is 390 g/mol. The smallest absolute Gasteiger partial charge is 0.260 e. The molecule has 0 atom stereocenters. The summed E-state index contributed by atoms with van der Waals surface area (Å²) in [6, 6.07) is 19.8. The molecule has 0 N–H and O–H groups in total. The maximum absolute atomic E-state index is 12.4. The Morgan fingerprint density at radius 2 is 1.69 bits per heavy atom. The number of ether oxygens (including phenoxy) is 1. The zero-order chi connectivity index (χ0) is 19.9. The molecular weight excluding hydrogens is 364 g/mol. The van der Waals surface area contributed by atoms with E-state index < -0.39 is 0 Å². The van der Waals surface area contributed by atoms with E-state index in [0.717, 1.165) is 50.5 Å². The first kappa shape index (κ1) is 19.2. The van der Waals surface area contributed by atoms with Crippen molar-refractivity contribution in [2.45, 2.75) is 25.8 Å². The van der Waals surface area contributed by atoms with Gasteiger partial charge in [0.05, 0.1) is 6.54 Å². The van der Waals surface area contributed by atoms with Gasteiger partial charge in [-0.25, -0.2) is 0 Å². The van der Waals surface area contributed by atoms with Gasteiger partial charge in [0.15, 0.2) is 6.61 Å². The predicted octanol–water partition coefficient (Wildman–Crippen LogP) is 3.19. The van der Waals surface area contributed by atoms with Crippen molar-refractivity contribution in [3.8, 4) is 5.75 Å². The second-order valence-corrected chi connectivity index (χ2v) is 7.49. The van der Waals surface area contributed by atoms with E-state index in [2.05, 4.69) is 26.9 Å². The molecule has 2 aromatic carbocycles. The zero-order valence-corrected chi connectivity index (χ0v) is 16.5. The van der Waals surface area contributed by atoms with Crippen molar-refractivity contribution in [3.05, 3.63) is 78.4 Å². The average Bonchev–Trinajstić information content (AvgIpc) is 3.20. The molecule has 1 saturated heterocycles. The first-order chi connectivity index (χ1) is 14.3. The van der Waals surface area contributed by atoms with Gasteiger partial charge in [-0.3, -0.25) is 4.79 Å². The standard InChI is InChI=1S/C23H26N4O2/c28-23(17-29-21-9-5-2-6-10-21)26-13-11-19(12-14-26)15-22-25-24-18-27(22)16-20-7-3-1-4-8-20/h1-10,18-19H,11-17H2. The number of benzene rings is 2. The van der Waals surface area contributed by atoms with Crippen molar-refractivity contribution in [2.24, 2.45) is 5.92 Å². The Morgan fingerprint density at radius 3 is 2.41 bits per heavy atom. The highest BCUT2D eigenvalue weighted by atomic mass is 16.5. The van der Waals surface area contributed by atoms with Crippen LogP contribution in [0.1, 0.15) is 24.2 Å². The molecule has 150 valence electrons. The molecule has 0 saturated carbocycles. The lowest BCUT2D eigenvalue weighted by atomic mass is 9.93. The van der Waals surface area contributed by atoms with Crippen LogP contribution in [0.4, 0.5) is 0 Å². The Morgan fingerprint density at radius 1 is 1.00 bits per heavy atom. The van der Waals surface area contributed by atoms with Gasteiger partial charge in [0.2, 0.25) is 0 Å². The zero-order valence-electron chi connectivity index (χ0n) is 16.5. The summed E-state index contributed by atoms with van der Waals surface area (Å²) in [6.07, 6.45) is 4.67. The highest BCUT2D eigenvalue weighted by molar-refractivity contribution is 5.77. The normalized spacial score (nSPS) is 14.7. The first-order valence-electron chi connectivity index (χ1n) is 10.1. The van der Waals surface area contributed by atoms with E-state index in [9.17, 15) is 4.79 Å². The van der Waals surface area contributed by atoms with E-state index in [1.165, 1.54) is 5.56 Å². The highest BCUT2D eigenvalue weighted by Gasteiger charge is 2.24. The molecule has 29 heavy (non-hydrogen) atoms. The summed E-state index contributed by atoms with van der Waals surface area (Å²) in [5, 5.41) is 8.45. The van der Waals surface area contributed by atoms with E-state index in [1.807, 2.05) is 59.8 Å². The van der Waals surface area contributed by atoms with Crippen molar-refractivity contribution >= 4 is 5.91 Å². The Balaban J connectivity index is 1.25. The number of para-hydroxylation sites is 1. The van der Waals surface area contributed by atoms with Gasteiger partial charge < -0.3 is 14.2 Å². The second kappa shape index (κ2) is 9.37. The molecule has 6 nitrogen and oxygen atoms in total. The van der Waals surface area contributed by atoms with Crippen LogP contribution in [-0.2, 0) is 17.8 Å². The molecule has 4 rings (SSSR count). The van der Waals surface area contributed by atoms with Crippen molar-refractivity contribution in [3.63, 3.8) is 0 Å². The number of rotatable bonds is 7. The molecule has 3 aromatic rings. The first-order valence-corrected chi connectivity index (χ1v) is 10.1. The molecule has 0 radical (unpaired) electrons. The lowest BCUT2D eigenvalue weighted by Gasteiger charge is -2.31. The van der Waals surface area contributed by atoms with Gasteiger partial charge in [-0.1, -0.05) is 48.5 Å². The van der Waals surface area contributed by atoms with Crippen LogP contribution in [0.2, 0.25) is 0 Å². The van der Waals surface area contributed by atoms with Gasteiger partial charge in [0.1, 0.15) is 17.9 Å². The quantitative estimate of drug-likeness (QED) is 0.622. The topological polar surface area (TPSA) is 60.2 Å².